The van der Waals surface area contributed by atoms with E-state index in [1.807, 2.05) is 0 Å². The van der Waals surface area contributed by atoms with E-state index in [1.165, 1.54) is 0 Å². The molecule has 14 heavy (non-hydrogen) atoms. The third-order valence-electron chi connectivity index (χ3n) is 1.41. The zero-order valence-corrected chi connectivity index (χ0v) is 10.7. The molecule has 0 aliphatic heterocycles. The van der Waals surface area contributed by atoms with Crippen molar-refractivity contribution in [2.45, 2.75) is 25.2 Å². The average molecular weight is 282 g/mol. The molecule has 0 rings (SSSR count). The van der Waals surface area contributed by atoms with Crippen LogP contribution in [0.25, 0.3) is 0 Å². The van der Waals surface area contributed by atoms with Crippen LogP contribution in [0.4, 0.5) is 0 Å². The topological polar surface area (TPSA) is 66.8 Å². The van der Waals surface area contributed by atoms with Crippen LogP contribution in [0.2, 0.25) is 0 Å². The molecule has 0 aliphatic carbocycles. The van der Waals surface area contributed by atoms with E-state index in [0.717, 1.165) is 0 Å². The quantitative estimate of drug-likeness (QED) is 0.445. The molecule has 0 spiro atoms. The molecule has 0 aromatic rings. The lowest BCUT2D eigenvalue weighted by atomic mass is 10.4. The minimum absolute atomic E-state index is 0.115. The van der Waals surface area contributed by atoms with Gasteiger partial charge in [-0.1, -0.05) is 6.92 Å². The highest BCUT2D eigenvalue weighted by atomic mass is 35.8. The molecule has 0 aromatic carbocycles. The second-order valence-corrected chi connectivity index (χ2v) is 11.3. The molecule has 0 radical (unpaired) electrons. The Labute approximate surface area is 96.8 Å². The first-order valence-electron chi connectivity index (χ1n) is 3.88. The van der Waals surface area contributed by atoms with E-state index >= 15 is 0 Å². The van der Waals surface area contributed by atoms with E-state index in [2.05, 4.69) is 0 Å². The predicted octanol–water partition coefficient (Wildman–Crippen LogP) is 0.856. The zero-order valence-electron chi connectivity index (χ0n) is 7.41. The number of halogens is 3. The number of carbonyl (C=O) groups excluding carboxylic acids is 1. The average Bonchev–Trinajstić information content (AvgIpc) is 2.10. The molecule has 2 unspecified atom stereocenters. The van der Waals surface area contributed by atoms with Gasteiger partial charge in [-0.3, -0.25) is 4.79 Å². The molecule has 84 valence electrons. The van der Waals surface area contributed by atoms with Crippen molar-refractivity contribution in [1.29, 1.82) is 0 Å². The molecule has 0 fully saturated rings. The summed E-state index contributed by atoms with van der Waals surface area (Å²) in [4.78, 5) is 10.9. The Hall–Kier alpha value is 0.477. The van der Waals surface area contributed by atoms with Gasteiger partial charge in [0.15, 0.2) is 5.73 Å². The number of aliphatic hydroxyl groups is 2. The smallest absolute Gasteiger partial charge is 0.384 e. The van der Waals surface area contributed by atoms with Crippen LogP contribution in [0.15, 0.2) is 0 Å². The van der Waals surface area contributed by atoms with Crippen LogP contribution in [-0.4, -0.2) is 40.6 Å². The number of esters is 1. The molecule has 0 aliphatic rings. The first kappa shape index (κ1) is 14.5. The fraction of sp³-hybridized carbons (Fsp3) is 0.833. The van der Waals surface area contributed by atoms with Gasteiger partial charge in [-0.15, -0.1) is 33.2 Å². The van der Waals surface area contributed by atoms with E-state index in [4.69, 9.17) is 43.1 Å². The second kappa shape index (κ2) is 6.15. The number of rotatable bonds is 5. The lowest BCUT2D eigenvalue weighted by Crippen LogP contribution is -2.46. The SMILES string of the molecule is CCC(=O)OC(C(O)CO)[Si](Cl)(Cl)Cl. The minimum atomic E-state index is -3.39. The third kappa shape index (κ3) is 4.81. The van der Waals surface area contributed by atoms with Crippen molar-refractivity contribution >= 4 is 45.2 Å². The number of carbonyl (C=O) groups is 1. The van der Waals surface area contributed by atoms with Crippen LogP contribution in [0.1, 0.15) is 13.3 Å². The van der Waals surface area contributed by atoms with Crippen molar-refractivity contribution < 1.29 is 19.7 Å². The molecule has 8 heteroatoms. The van der Waals surface area contributed by atoms with Gasteiger partial charge in [0, 0.05) is 6.42 Å². The van der Waals surface area contributed by atoms with Crippen molar-refractivity contribution in [2.75, 3.05) is 6.61 Å². The molecule has 0 aromatic heterocycles. The van der Waals surface area contributed by atoms with Gasteiger partial charge in [-0.2, -0.15) is 0 Å². The Balaban J connectivity index is 4.49. The van der Waals surface area contributed by atoms with E-state index < -0.39 is 30.4 Å². The van der Waals surface area contributed by atoms with Crippen molar-refractivity contribution in [1.82, 2.24) is 0 Å². The summed E-state index contributed by atoms with van der Waals surface area (Å²) < 4.78 is 4.73. The zero-order chi connectivity index (χ0) is 11.4. The summed E-state index contributed by atoms with van der Waals surface area (Å²) >= 11 is 16.8. The Kier molecular flexibility index (Phi) is 6.35. The summed E-state index contributed by atoms with van der Waals surface area (Å²) in [5.41, 5.74) is -1.23. The van der Waals surface area contributed by atoms with Gasteiger partial charge >= 0.3 is 12.0 Å². The van der Waals surface area contributed by atoms with Crippen molar-refractivity contribution in [3.8, 4) is 0 Å². The number of hydrogen-bond acceptors (Lipinski definition) is 4. The normalized spacial score (nSPS) is 16.1. The summed E-state index contributed by atoms with van der Waals surface area (Å²) in [6.07, 6.45) is -1.24. The summed E-state index contributed by atoms with van der Waals surface area (Å²) in [7, 11) is 0. The van der Waals surface area contributed by atoms with Crippen LogP contribution in [0, 0.1) is 0 Å². The molecular formula is C6H11Cl3O4Si. The number of hydrogen-bond donors (Lipinski definition) is 2. The molecule has 0 amide bonds. The first-order chi connectivity index (χ1) is 6.32. The lowest BCUT2D eigenvalue weighted by molar-refractivity contribution is -0.150. The highest BCUT2D eigenvalue weighted by Crippen LogP contribution is 2.28. The Morgan fingerprint density at radius 2 is 2.00 bits per heavy atom. The largest absolute Gasteiger partial charge is 0.459 e. The van der Waals surface area contributed by atoms with Crippen LogP contribution in [0.3, 0.4) is 0 Å². The molecular weight excluding hydrogens is 271 g/mol. The van der Waals surface area contributed by atoms with E-state index in [-0.39, 0.29) is 6.42 Å². The van der Waals surface area contributed by atoms with Crippen molar-refractivity contribution in [3.05, 3.63) is 0 Å². The van der Waals surface area contributed by atoms with Gasteiger partial charge in [-0.25, -0.2) is 0 Å². The number of ether oxygens (including phenoxy) is 1. The second-order valence-electron chi connectivity index (χ2n) is 2.56. The molecule has 2 atom stereocenters. The van der Waals surface area contributed by atoms with Gasteiger partial charge in [0.1, 0.15) is 6.10 Å². The molecule has 0 heterocycles. The summed E-state index contributed by atoms with van der Waals surface area (Å²) in [5.74, 6) is -0.582. The standard InChI is InChI=1S/C6H11Cl3O4Si/c1-2-5(12)13-6(4(11)3-10)14(7,8)9/h4,6,10-11H,2-3H2,1H3. The molecule has 0 bridgehead atoms. The Morgan fingerprint density at radius 3 is 2.29 bits per heavy atom. The van der Waals surface area contributed by atoms with Gasteiger partial charge in [-0.05, 0) is 0 Å². The lowest BCUT2D eigenvalue weighted by Gasteiger charge is -2.25. The monoisotopic (exact) mass is 280 g/mol. The first-order valence-corrected chi connectivity index (χ1v) is 8.99. The van der Waals surface area contributed by atoms with E-state index in [1.54, 1.807) is 6.92 Å². The van der Waals surface area contributed by atoms with Crippen LogP contribution < -0.4 is 0 Å². The van der Waals surface area contributed by atoms with Crippen LogP contribution >= 0.6 is 33.2 Å². The summed E-state index contributed by atoms with van der Waals surface area (Å²) in [5, 5.41) is 17.9. The predicted molar refractivity (Wildman–Crippen MR) is 56.6 cm³/mol. The van der Waals surface area contributed by atoms with Gasteiger partial charge in [0.05, 0.1) is 6.61 Å². The fourth-order valence-electron chi connectivity index (χ4n) is 0.684. The molecule has 0 saturated heterocycles. The highest BCUT2D eigenvalue weighted by molar-refractivity contribution is 7.65. The highest BCUT2D eigenvalue weighted by Gasteiger charge is 2.44. The van der Waals surface area contributed by atoms with Gasteiger partial charge < -0.3 is 14.9 Å². The van der Waals surface area contributed by atoms with E-state index in [0.29, 0.717) is 0 Å². The summed E-state index contributed by atoms with van der Waals surface area (Å²) in [6, 6.07) is -3.39. The maximum Gasteiger partial charge on any atom is 0.384 e. The Bertz CT molecular complexity index is 196. The van der Waals surface area contributed by atoms with Crippen LogP contribution in [-0.2, 0) is 9.53 Å². The van der Waals surface area contributed by atoms with Crippen LogP contribution in [0.5, 0.6) is 0 Å². The third-order valence-corrected chi connectivity index (χ3v) is 4.49. The number of aliphatic hydroxyl groups excluding tert-OH is 2. The Morgan fingerprint density at radius 1 is 1.50 bits per heavy atom. The minimum Gasteiger partial charge on any atom is -0.459 e. The van der Waals surface area contributed by atoms with Crippen molar-refractivity contribution in [2.24, 2.45) is 0 Å². The maximum atomic E-state index is 10.9. The molecule has 2 N–H and O–H groups in total. The van der Waals surface area contributed by atoms with Gasteiger partial charge in [0.2, 0.25) is 0 Å². The summed E-state index contributed by atoms with van der Waals surface area (Å²) in [6.45, 7) is 0.952. The molecule has 0 saturated carbocycles. The van der Waals surface area contributed by atoms with Gasteiger partial charge in [0.25, 0.3) is 0 Å². The maximum absolute atomic E-state index is 10.9. The molecule has 4 nitrogen and oxygen atoms in total. The van der Waals surface area contributed by atoms with E-state index in [9.17, 15) is 9.90 Å². The van der Waals surface area contributed by atoms with Crippen molar-refractivity contribution in [3.63, 3.8) is 0 Å². The fourth-order valence-corrected chi connectivity index (χ4v) is 3.20.